The molecule has 158 valence electrons. The molecule has 5 rings (SSSR count). The minimum Gasteiger partial charge on any atom is -0.477 e. The largest absolute Gasteiger partial charge is 0.477 e. The molecule has 1 aliphatic carbocycles. The third kappa shape index (κ3) is 2.93. The molecule has 9 heteroatoms. The number of nitrogens with zero attached hydrogens (tertiary/aromatic N) is 3. The zero-order valence-electron chi connectivity index (χ0n) is 16.3. The number of benzene rings is 1. The highest BCUT2D eigenvalue weighted by atomic mass is 35.5. The lowest BCUT2D eigenvalue weighted by Crippen LogP contribution is -2.28. The number of aromatic nitrogens is 1. The van der Waals surface area contributed by atoms with Gasteiger partial charge in [0.2, 0.25) is 5.43 Å². The average molecular weight is 436 g/mol. The molecule has 2 atom stereocenters. The van der Waals surface area contributed by atoms with Gasteiger partial charge in [-0.15, -0.1) is 0 Å². The summed E-state index contributed by atoms with van der Waals surface area (Å²) in [6.45, 7) is 2.85. The summed E-state index contributed by atoms with van der Waals surface area (Å²) >= 11 is 6.64. The van der Waals surface area contributed by atoms with Gasteiger partial charge in [-0.3, -0.25) is 4.79 Å². The molecular formula is C21H20ClF2N3O3. The quantitative estimate of drug-likeness (QED) is 0.750. The van der Waals surface area contributed by atoms with Crippen molar-refractivity contribution < 1.29 is 18.7 Å². The second-order valence-electron chi connectivity index (χ2n) is 8.37. The zero-order chi connectivity index (χ0) is 21.3. The van der Waals surface area contributed by atoms with Gasteiger partial charge in [-0.25, -0.2) is 13.6 Å². The van der Waals surface area contributed by atoms with Crippen LogP contribution in [0.4, 0.5) is 14.5 Å². The minimum absolute atomic E-state index is 0.0198. The maximum Gasteiger partial charge on any atom is 0.341 e. The van der Waals surface area contributed by atoms with Crippen LogP contribution >= 0.6 is 11.6 Å². The number of hydrogen-bond donors (Lipinski definition) is 1. The molecular weight excluding hydrogens is 416 g/mol. The summed E-state index contributed by atoms with van der Waals surface area (Å²) in [6.07, 6.45) is 1.09. The number of carboxylic acid groups (broad SMARTS) is 1. The predicted octanol–water partition coefficient (Wildman–Crippen LogP) is 3.23. The molecule has 1 saturated carbocycles. The molecule has 1 fully saturated rings. The molecule has 1 N–H and O–H groups in total. The zero-order valence-corrected chi connectivity index (χ0v) is 17.0. The summed E-state index contributed by atoms with van der Waals surface area (Å²) < 4.78 is 30.5. The number of likely N-dealkylation sites (N-methyl/N-ethyl adjacent to an activating group) is 1. The maximum atomic E-state index is 15.2. The third-order valence-corrected chi connectivity index (χ3v) is 6.65. The molecule has 3 aliphatic rings. The smallest absolute Gasteiger partial charge is 0.341 e. The van der Waals surface area contributed by atoms with Crippen LogP contribution in [0.2, 0.25) is 5.02 Å². The van der Waals surface area contributed by atoms with E-state index in [0.717, 1.165) is 31.8 Å². The lowest BCUT2D eigenvalue weighted by atomic mass is 10.0. The van der Waals surface area contributed by atoms with Crippen molar-refractivity contribution in [1.29, 1.82) is 0 Å². The molecule has 0 spiro atoms. The maximum absolute atomic E-state index is 15.2. The summed E-state index contributed by atoms with van der Waals surface area (Å²) in [5.74, 6) is -2.12. The molecule has 0 radical (unpaired) electrons. The van der Waals surface area contributed by atoms with Gasteiger partial charge in [0.1, 0.15) is 17.6 Å². The summed E-state index contributed by atoms with van der Waals surface area (Å²) in [7, 11) is 2.04. The molecule has 3 heterocycles. The molecule has 1 aromatic carbocycles. The van der Waals surface area contributed by atoms with Gasteiger partial charge in [0.05, 0.1) is 27.7 Å². The first kappa shape index (κ1) is 19.5. The van der Waals surface area contributed by atoms with Crippen LogP contribution in [0.3, 0.4) is 0 Å². The van der Waals surface area contributed by atoms with Gasteiger partial charge in [-0.2, -0.15) is 0 Å². The van der Waals surface area contributed by atoms with E-state index in [0.29, 0.717) is 13.1 Å². The lowest BCUT2D eigenvalue weighted by molar-refractivity contribution is 0.0694. The Morgan fingerprint density at radius 2 is 1.97 bits per heavy atom. The highest BCUT2D eigenvalue weighted by Crippen LogP contribution is 2.45. The van der Waals surface area contributed by atoms with Crippen LogP contribution in [0.25, 0.3) is 10.9 Å². The fourth-order valence-electron chi connectivity index (χ4n) is 4.62. The number of rotatable bonds is 3. The minimum atomic E-state index is -1.44. The number of carboxylic acids is 1. The standard InChI is InChI=1S/C21H20ClF2N3O3/c1-25-3-2-10-7-26(8-11(10)6-25)19-15(24)4-12-18(17(19)22)27(16-5-14(16)23)9-13(20(12)28)21(29)30/h4,9,14,16H,2-3,5-8H2,1H3,(H,29,30)/t14-,16-/m1/s1. The molecule has 30 heavy (non-hydrogen) atoms. The van der Waals surface area contributed by atoms with Gasteiger partial charge in [0, 0.05) is 38.8 Å². The van der Waals surface area contributed by atoms with E-state index in [1.54, 1.807) is 0 Å². The van der Waals surface area contributed by atoms with Crippen LogP contribution in [-0.2, 0) is 0 Å². The fraction of sp³-hybridized carbons (Fsp3) is 0.429. The van der Waals surface area contributed by atoms with E-state index in [4.69, 9.17) is 11.6 Å². The number of anilines is 1. The molecule has 2 aromatic rings. The molecule has 1 aromatic heterocycles. The molecule has 0 bridgehead atoms. The van der Waals surface area contributed by atoms with Gasteiger partial charge in [-0.05, 0) is 30.7 Å². The summed E-state index contributed by atoms with van der Waals surface area (Å²) in [5, 5.41) is 9.25. The van der Waals surface area contributed by atoms with Crippen molar-refractivity contribution in [3.05, 3.63) is 50.0 Å². The van der Waals surface area contributed by atoms with Crippen molar-refractivity contribution >= 4 is 34.2 Å². The molecule has 2 aliphatic heterocycles. The van der Waals surface area contributed by atoms with Crippen molar-refractivity contribution in [3.63, 3.8) is 0 Å². The van der Waals surface area contributed by atoms with E-state index in [2.05, 4.69) is 4.90 Å². The fourth-order valence-corrected chi connectivity index (χ4v) is 5.03. The predicted molar refractivity (Wildman–Crippen MR) is 110 cm³/mol. The second-order valence-corrected chi connectivity index (χ2v) is 8.75. The highest BCUT2D eigenvalue weighted by Gasteiger charge is 2.41. The van der Waals surface area contributed by atoms with Crippen LogP contribution in [0, 0.1) is 5.82 Å². The Morgan fingerprint density at radius 1 is 1.27 bits per heavy atom. The highest BCUT2D eigenvalue weighted by molar-refractivity contribution is 6.38. The van der Waals surface area contributed by atoms with E-state index in [9.17, 15) is 19.1 Å². The monoisotopic (exact) mass is 435 g/mol. The Kier molecular flexibility index (Phi) is 4.41. The average Bonchev–Trinajstić information content (AvgIpc) is 3.26. The van der Waals surface area contributed by atoms with Crippen LogP contribution in [0.1, 0.15) is 29.2 Å². The molecule has 0 unspecified atom stereocenters. The number of alkyl halides is 1. The molecule has 6 nitrogen and oxygen atoms in total. The summed E-state index contributed by atoms with van der Waals surface area (Å²) in [5.41, 5.74) is 1.53. The Bertz CT molecular complexity index is 1190. The van der Waals surface area contributed by atoms with Gasteiger partial charge in [-0.1, -0.05) is 11.6 Å². The number of carbonyl (C=O) groups is 1. The van der Waals surface area contributed by atoms with Gasteiger partial charge in [0.15, 0.2) is 0 Å². The SMILES string of the molecule is CN1CCC2=C(C1)CN(c1c(F)cc3c(=O)c(C(=O)O)cn([C@@H]4C[C@H]4F)c3c1Cl)C2. The normalized spacial score (nSPS) is 23.9. The Morgan fingerprint density at radius 3 is 2.63 bits per heavy atom. The van der Waals surface area contributed by atoms with Crippen LogP contribution in [0.5, 0.6) is 0 Å². The van der Waals surface area contributed by atoms with Gasteiger partial charge < -0.3 is 19.5 Å². The van der Waals surface area contributed by atoms with E-state index < -0.39 is 35.0 Å². The Balaban J connectivity index is 1.68. The van der Waals surface area contributed by atoms with E-state index in [1.165, 1.54) is 15.7 Å². The Labute approximate surface area is 175 Å². The van der Waals surface area contributed by atoms with Gasteiger partial charge >= 0.3 is 5.97 Å². The van der Waals surface area contributed by atoms with E-state index in [-0.39, 0.29) is 28.0 Å². The van der Waals surface area contributed by atoms with Crippen molar-refractivity contribution in [2.75, 3.05) is 38.1 Å². The topological polar surface area (TPSA) is 65.8 Å². The Hall–Kier alpha value is -2.45. The lowest BCUT2D eigenvalue weighted by Gasteiger charge is -2.24. The number of aromatic carboxylic acids is 1. The second kappa shape index (κ2) is 6.78. The molecule has 0 amide bonds. The first-order valence-electron chi connectivity index (χ1n) is 9.83. The number of pyridine rings is 1. The van der Waals surface area contributed by atoms with E-state index >= 15 is 4.39 Å². The van der Waals surface area contributed by atoms with Crippen molar-refractivity contribution in [2.24, 2.45) is 0 Å². The van der Waals surface area contributed by atoms with Crippen LogP contribution in [-0.4, -0.2) is 59.9 Å². The first-order chi connectivity index (χ1) is 14.3. The number of hydrogen-bond acceptors (Lipinski definition) is 4. The van der Waals surface area contributed by atoms with Gasteiger partial charge in [0.25, 0.3) is 0 Å². The van der Waals surface area contributed by atoms with Crippen molar-refractivity contribution in [1.82, 2.24) is 9.47 Å². The van der Waals surface area contributed by atoms with Crippen molar-refractivity contribution in [3.8, 4) is 0 Å². The number of halogens is 3. The third-order valence-electron chi connectivity index (χ3n) is 6.29. The van der Waals surface area contributed by atoms with Crippen LogP contribution in [0.15, 0.2) is 28.2 Å². The van der Waals surface area contributed by atoms with Crippen LogP contribution < -0.4 is 10.3 Å². The first-order valence-corrected chi connectivity index (χ1v) is 10.2. The summed E-state index contributed by atoms with van der Waals surface area (Å²) in [4.78, 5) is 28.2. The molecule has 0 saturated heterocycles. The summed E-state index contributed by atoms with van der Waals surface area (Å²) in [6, 6.07) is 0.432. The van der Waals surface area contributed by atoms with E-state index in [1.807, 2.05) is 11.9 Å². The number of fused-ring (bicyclic) bond motifs is 1. The van der Waals surface area contributed by atoms with Crippen molar-refractivity contribution in [2.45, 2.75) is 25.1 Å².